The van der Waals surface area contributed by atoms with Crippen LogP contribution in [-0.4, -0.2) is 6.10 Å². The maximum atomic E-state index is 7.10. The van der Waals surface area contributed by atoms with Crippen molar-refractivity contribution in [3.8, 4) is 28.0 Å². The Morgan fingerprint density at radius 2 is 1.18 bits per heavy atom. The number of allylic oxidation sites excluding steroid dienone is 2. The predicted octanol–water partition coefficient (Wildman–Crippen LogP) is 12.8. The largest absolute Gasteiger partial charge is 0.484 e. The zero-order valence-corrected chi connectivity index (χ0v) is 28.8. The van der Waals surface area contributed by atoms with Crippen molar-refractivity contribution in [1.29, 1.82) is 0 Å². The number of hydrogen-bond donors (Lipinski definition) is 0. The van der Waals surface area contributed by atoms with Crippen LogP contribution in [0.25, 0.3) is 38.6 Å². The first kappa shape index (κ1) is 29.8. The Bertz CT molecular complexity index is 2530. The van der Waals surface area contributed by atoms with Gasteiger partial charge in [-0.1, -0.05) is 153 Å². The van der Waals surface area contributed by atoms with Gasteiger partial charge in [0.2, 0.25) is 0 Å². The fraction of sp³-hybridized carbons (Fsp3) is 0.102. The van der Waals surface area contributed by atoms with E-state index in [1.807, 2.05) is 0 Å². The van der Waals surface area contributed by atoms with E-state index < -0.39 is 0 Å². The molecule has 3 aliphatic rings. The Kier molecular flexibility index (Phi) is 6.69. The van der Waals surface area contributed by atoms with E-state index in [2.05, 4.69) is 195 Å². The summed E-state index contributed by atoms with van der Waals surface area (Å²) in [7, 11) is 0. The van der Waals surface area contributed by atoms with Gasteiger partial charge in [0.05, 0.1) is 5.69 Å². The summed E-state index contributed by atoms with van der Waals surface area (Å²) < 4.78 is 7.10. The summed E-state index contributed by atoms with van der Waals surface area (Å²) in [6, 6.07) is 57.2. The molecule has 0 spiro atoms. The van der Waals surface area contributed by atoms with Crippen molar-refractivity contribution in [1.82, 2.24) is 0 Å². The monoisotopic (exact) mass is 655 g/mol. The third kappa shape index (κ3) is 4.63. The molecule has 0 saturated carbocycles. The summed E-state index contributed by atoms with van der Waals surface area (Å²) in [5, 5.41) is 2.30. The first-order valence-corrected chi connectivity index (χ1v) is 17.9. The molecule has 1 aliphatic heterocycles. The molecule has 10 rings (SSSR count). The molecule has 2 unspecified atom stereocenters. The molecule has 1 heterocycles. The summed E-state index contributed by atoms with van der Waals surface area (Å²) in [5.41, 5.74) is 14.9. The van der Waals surface area contributed by atoms with E-state index in [1.54, 1.807) is 0 Å². The van der Waals surface area contributed by atoms with Gasteiger partial charge in [0.15, 0.2) is 0 Å². The van der Waals surface area contributed by atoms with Crippen molar-refractivity contribution >= 4 is 33.4 Å². The average Bonchev–Trinajstić information content (AvgIpc) is 3.68. The molecule has 0 radical (unpaired) electrons. The van der Waals surface area contributed by atoms with E-state index in [0.29, 0.717) is 0 Å². The van der Waals surface area contributed by atoms with E-state index >= 15 is 0 Å². The fourth-order valence-corrected chi connectivity index (χ4v) is 8.70. The smallest absolute Gasteiger partial charge is 0.135 e. The molecule has 2 aliphatic carbocycles. The lowest BCUT2D eigenvalue weighted by Crippen LogP contribution is -2.22. The summed E-state index contributed by atoms with van der Waals surface area (Å²) >= 11 is 0. The highest BCUT2D eigenvalue weighted by Gasteiger charge is 2.41. The lowest BCUT2D eigenvalue weighted by atomic mass is 9.79. The van der Waals surface area contributed by atoms with E-state index in [0.717, 1.165) is 33.6 Å². The van der Waals surface area contributed by atoms with Gasteiger partial charge in [0, 0.05) is 44.6 Å². The van der Waals surface area contributed by atoms with Crippen LogP contribution in [0, 0.1) is 0 Å². The third-order valence-corrected chi connectivity index (χ3v) is 11.2. The van der Waals surface area contributed by atoms with E-state index in [9.17, 15) is 0 Å². The summed E-state index contributed by atoms with van der Waals surface area (Å²) in [6.45, 7) is 4.70. The number of benzene rings is 7. The van der Waals surface area contributed by atoms with Crippen LogP contribution < -0.4 is 9.64 Å². The minimum absolute atomic E-state index is 0.0583. The number of anilines is 3. The van der Waals surface area contributed by atoms with Crippen LogP contribution in [0.15, 0.2) is 176 Å². The van der Waals surface area contributed by atoms with Crippen LogP contribution in [0.3, 0.4) is 0 Å². The molecule has 2 nitrogen and oxygen atoms in total. The van der Waals surface area contributed by atoms with Gasteiger partial charge in [-0.25, -0.2) is 0 Å². The van der Waals surface area contributed by atoms with E-state index in [1.165, 1.54) is 50.1 Å². The first-order chi connectivity index (χ1) is 25.1. The maximum Gasteiger partial charge on any atom is 0.135 e. The lowest BCUT2D eigenvalue weighted by molar-refractivity contribution is 0.281. The highest BCUT2D eigenvalue weighted by atomic mass is 16.5. The quantitative estimate of drug-likeness (QED) is 0.183. The van der Waals surface area contributed by atoms with Crippen LogP contribution >= 0.6 is 0 Å². The van der Waals surface area contributed by atoms with E-state index in [-0.39, 0.29) is 17.4 Å². The zero-order valence-electron chi connectivity index (χ0n) is 28.8. The maximum absolute atomic E-state index is 7.10. The van der Waals surface area contributed by atoms with E-state index in [4.69, 9.17) is 4.74 Å². The molecule has 0 fully saturated rings. The lowest BCUT2D eigenvalue weighted by Gasteiger charge is -2.28. The third-order valence-electron chi connectivity index (χ3n) is 11.2. The Morgan fingerprint density at radius 3 is 1.98 bits per heavy atom. The molecule has 0 N–H and O–H groups in total. The summed E-state index contributed by atoms with van der Waals surface area (Å²) in [6.07, 6.45) is 6.71. The number of para-hydroxylation sites is 1. The zero-order chi connectivity index (χ0) is 34.1. The van der Waals surface area contributed by atoms with Crippen molar-refractivity contribution in [3.63, 3.8) is 0 Å². The second-order valence-corrected chi connectivity index (χ2v) is 14.4. The van der Waals surface area contributed by atoms with Crippen LogP contribution in [0.2, 0.25) is 0 Å². The number of fused-ring (bicyclic) bond motifs is 8. The average molecular weight is 656 g/mol. The molecular weight excluding hydrogens is 619 g/mol. The van der Waals surface area contributed by atoms with Gasteiger partial charge in [0.25, 0.3) is 0 Å². The van der Waals surface area contributed by atoms with Gasteiger partial charge >= 0.3 is 0 Å². The van der Waals surface area contributed by atoms with Crippen LogP contribution in [0.1, 0.15) is 42.0 Å². The fourth-order valence-electron chi connectivity index (χ4n) is 8.70. The topological polar surface area (TPSA) is 12.5 Å². The number of hydrogen-bond acceptors (Lipinski definition) is 2. The Balaban J connectivity index is 1.08. The van der Waals surface area contributed by atoms with Crippen LogP contribution in [-0.2, 0) is 5.41 Å². The predicted molar refractivity (Wildman–Crippen MR) is 212 cm³/mol. The van der Waals surface area contributed by atoms with Gasteiger partial charge < -0.3 is 9.64 Å². The molecule has 7 aromatic carbocycles. The summed E-state index contributed by atoms with van der Waals surface area (Å²) in [5.74, 6) is 1.09. The Hall–Kier alpha value is -6.12. The van der Waals surface area contributed by atoms with Gasteiger partial charge in [-0.15, -0.1) is 0 Å². The molecule has 7 aromatic rings. The highest BCUT2D eigenvalue weighted by Crippen LogP contribution is 2.54. The Labute approximate surface area is 299 Å². The summed E-state index contributed by atoms with van der Waals surface area (Å²) in [4.78, 5) is 2.40. The van der Waals surface area contributed by atoms with Gasteiger partial charge in [-0.3, -0.25) is 0 Å². The van der Waals surface area contributed by atoms with Crippen molar-refractivity contribution in [2.75, 3.05) is 4.90 Å². The standard InChI is InChI=1S/C49H37NO/c1-49(2)44-23-12-11-18-38(44)39-29-26-34(30-45(39)49)37-21-13-22-42-43-31-46(40-19-9-10-20-41(40)48(43)51-47(37)42)50(35-16-7-4-8-17-35)36-27-24-33(25-28-36)32-14-5-3-6-15-32/h3-31,42,47H,1-2H3. The van der Waals surface area contributed by atoms with Crippen LogP contribution in [0.4, 0.5) is 17.1 Å². The molecule has 0 aromatic heterocycles. The molecule has 0 amide bonds. The second-order valence-electron chi connectivity index (χ2n) is 14.4. The van der Waals surface area contributed by atoms with Crippen molar-refractivity contribution < 1.29 is 4.74 Å². The SMILES string of the molecule is CC1(C)c2ccccc2-c2ccc(C3=CC=CC4c5cc(N(c6ccccc6)c6ccc(-c7ccccc7)cc6)c6ccccc6c5OC34)cc21. The highest BCUT2D eigenvalue weighted by molar-refractivity contribution is 6.04. The minimum atomic E-state index is -0.107. The molecular formula is C49H37NO. The normalized spacial score (nSPS) is 17.6. The van der Waals surface area contributed by atoms with Crippen molar-refractivity contribution in [2.24, 2.45) is 0 Å². The Morgan fingerprint density at radius 1 is 0.549 bits per heavy atom. The van der Waals surface area contributed by atoms with Crippen molar-refractivity contribution in [3.05, 3.63) is 198 Å². The van der Waals surface area contributed by atoms with Gasteiger partial charge in [0.1, 0.15) is 11.9 Å². The molecule has 0 bridgehead atoms. The first-order valence-electron chi connectivity index (χ1n) is 17.9. The van der Waals surface area contributed by atoms with Gasteiger partial charge in [-0.05, 0) is 75.3 Å². The molecule has 51 heavy (non-hydrogen) atoms. The molecule has 244 valence electrons. The van der Waals surface area contributed by atoms with Gasteiger partial charge in [-0.2, -0.15) is 0 Å². The number of nitrogens with zero attached hydrogens (tertiary/aromatic N) is 1. The number of rotatable bonds is 5. The molecule has 2 atom stereocenters. The second kappa shape index (κ2) is 11.5. The van der Waals surface area contributed by atoms with Crippen LogP contribution in [0.5, 0.6) is 5.75 Å². The number of ether oxygens (including phenoxy) is 1. The molecule has 2 heteroatoms. The minimum Gasteiger partial charge on any atom is -0.484 e. The molecule has 0 saturated heterocycles. The van der Waals surface area contributed by atoms with Crippen molar-refractivity contribution in [2.45, 2.75) is 31.3 Å².